The Morgan fingerprint density at radius 3 is 2.52 bits per heavy atom. The average Bonchev–Trinajstić information content (AvgIpc) is 3.32. The third-order valence-electron chi connectivity index (χ3n) is 5.30. The fourth-order valence-electron chi connectivity index (χ4n) is 3.62. The van der Waals surface area contributed by atoms with Crippen LogP contribution in [0.5, 0.6) is 0 Å². The van der Waals surface area contributed by atoms with Gasteiger partial charge in [-0.3, -0.25) is 4.79 Å². The van der Waals surface area contributed by atoms with Crippen molar-refractivity contribution in [3.8, 4) is 11.6 Å². The molecule has 0 bridgehead atoms. The molecule has 1 saturated heterocycles. The summed E-state index contributed by atoms with van der Waals surface area (Å²) >= 11 is 1.27. The van der Waals surface area contributed by atoms with Gasteiger partial charge in [0.15, 0.2) is 0 Å². The molecule has 4 aromatic rings. The molecule has 0 aliphatic carbocycles. The Morgan fingerprint density at radius 2 is 1.68 bits per heavy atom. The molecular weight excluding hydrogens is 410 g/mol. The van der Waals surface area contributed by atoms with Crippen molar-refractivity contribution in [3.63, 3.8) is 0 Å². The van der Waals surface area contributed by atoms with Crippen molar-refractivity contribution in [1.29, 1.82) is 0 Å². The Kier molecular flexibility index (Phi) is 5.54. The number of amides is 1. The van der Waals surface area contributed by atoms with Crippen LogP contribution in [-0.2, 0) is 4.79 Å². The Hall–Kier alpha value is -3.39. The van der Waals surface area contributed by atoms with Gasteiger partial charge in [-0.2, -0.15) is 0 Å². The fraction of sp³-hybridized carbons (Fsp3) is 0.217. The third-order valence-corrected chi connectivity index (χ3v) is 6.10. The van der Waals surface area contributed by atoms with Gasteiger partial charge in [-0.15, -0.1) is 10.2 Å². The SMILES string of the molecule is O=C(CSc1nnc(-c2ccc3ccccc3n2)o1)N1CCN(c2ccccc2)CC1. The lowest BCUT2D eigenvalue weighted by Gasteiger charge is -2.36. The van der Waals surface area contributed by atoms with E-state index in [1.807, 2.05) is 59.5 Å². The number of anilines is 1. The molecule has 5 rings (SSSR count). The number of rotatable bonds is 5. The van der Waals surface area contributed by atoms with Crippen LogP contribution in [0.4, 0.5) is 5.69 Å². The maximum absolute atomic E-state index is 12.6. The van der Waals surface area contributed by atoms with Crippen LogP contribution in [0.1, 0.15) is 0 Å². The Morgan fingerprint density at radius 1 is 0.903 bits per heavy atom. The van der Waals surface area contributed by atoms with E-state index in [2.05, 4.69) is 32.2 Å². The lowest BCUT2D eigenvalue weighted by Crippen LogP contribution is -2.49. The Bertz CT molecular complexity index is 1190. The number of nitrogens with zero attached hydrogens (tertiary/aromatic N) is 5. The zero-order valence-electron chi connectivity index (χ0n) is 16.8. The molecule has 0 spiro atoms. The number of thioether (sulfide) groups is 1. The van der Waals surface area contributed by atoms with Gasteiger partial charge in [-0.25, -0.2) is 4.98 Å². The van der Waals surface area contributed by atoms with E-state index in [0.717, 1.165) is 24.0 Å². The van der Waals surface area contributed by atoms with Crippen LogP contribution in [0.2, 0.25) is 0 Å². The third kappa shape index (κ3) is 4.39. The number of para-hydroxylation sites is 2. The molecule has 3 heterocycles. The van der Waals surface area contributed by atoms with Gasteiger partial charge in [0.2, 0.25) is 5.91 Å². The van der Waals surface area contributed by atoms with Crippen molar-refractivity contribution < 1.29 is 9.21 Å². The molecule has 31 heavy (non-hydrogen) atoms. The fourth-order valence-corrected chi connectivity index (χ4v) is 4.29. The maximum atomic E-state index is 12.6. The molecule has 2 aromatic carbocycles. The molecule has 1 aliphatic rings. The molecule has 1 fully saturated rings. The van der Waals surface area contributed by atoms with Gasteiger partial charge in [0.25, 0.3) is 11.1 Å². The van der Waals surface area contributed by atoms with E-state index in [1.165, 1.54) is 17.4 Å². The smallest absolute Gasteiger partial charge is 0.277 e. The molecule has 1 aliphatic heterocycles. The van der Waals surface area contributed by atoms with Crippen molar-refractivity contribution in [3.05, 3.63) is 66.7 Å². The Labute approximate surface area is 184 Å². The molecule has 7 nitrogen and oxygen atoms in total. The number of hydrogen-bond acceptors (Lipinski definition) is 7. The topological polar surface area (TPSA) is 75.4 Å². The summed E-state index contributed by atoms with van der Waals surface area (Å²) in [6.07, 6.45) is 0. The lowest BCUT2D eigenvalue weighted by molar-refractivity contribution is -0.128. The number of aromatic nitrogens is 3. The lowest BCUT2D eigenvalue weighted by atomic mass is 10.2. The molecule has 0 saturated carbocycles. The second-order valence-corrected chi connectivity index (χ2v) is 8.18. The highest BCUT2D eigenvalue weighted by Gasteiger charge is 2.22. The summed E-state index contributed by atoms with van der Waals surface area (Å²) in [5, 5.41) is 9.59. The van der Waals surface area contributed by atoms with Crippen LogP contribution in [0.3, 0.4) is 0 Å². The quantitative estimate of drug-likeness (QED) is 0.446. The van der Waals surface area contributed by atoms with E-state index in [0.29, 0.717) is 29.9 Å². The van der Waals surface area contributed by atoms with Gasteiger partial charge in [-0.05, 0) is 24.3 Å². The molecule has 0 unspecified atom stereocenters. The summed E-state index contributed by atoms with van der Waals surface area (Å²) in [4.78, 5) is 21.4. The van der Waals surface area contributed by atoms with Gasteiger partial charge in [0.1, 0.15) is 5.69 Å². The van der Waals surface area contributed by atoms with E-state index < -0.39 is 0 Å². The molecule has 2 aromatic heterocycles. The maximum Gasteiger partial charge on any atom is 0.277 e. The number of hydrogen-bond donors (Lipinski definition) is 0. The molecule has 0 N–H and O–H groups in total. The first-order valence-electron chi connectivity index (χ1n) is 10.2. The van der Waals surface area contributed by atoms with Crippen LogP contribution in [0, 0.1) is 0 Å². The first kappa shape index (κ1) is 19.6. The van der Waals surface area contributed by atoms with Crippen molar-refractivity contribution in [2.24, 2.45) is 0 Å². The van der Waals surface area contributed by atoms with Crippen LogP contribution >= 0.6 is 11.8 Å². The molecule has 0 radical (unpaired) electrons. The number of piperazine rings is 1. The van der Waals surface area contributed by atoms with Crippen molar-refractivity contribution in [2.45, 2.75) is 5.22 Å². The first-order chi connectivity index (χ1) is 15.3. The van der Waals surface area contributed by atoms with E-state index in [9.17, 15) is 4.79 Å². The second kappa shape index (κ2) is 8.77. The second-order valence-electron chi connectivity index (χ2n) is 7.25. The van der Waals surface area contributed by atoms with Crippen LogP contribution in [0.15, 0.2) is 76.4 Å². The highest BCUT2D eigenvalue weighted by Crippen LogP contribution is 2.24. The summed E-state index contributed by atoms with van der Waals surface area (Å²) < 4.78 is 5.73. The minimum Gasteiger partial charge on any atom is -0.410 e. The van der Waals surface area contributed by atoms with E-state index in [-0.39, 0.29) is 11.7 Å². The predicted octanol–water partition coefficient (Wildman–Crippen LogP) is 3.73. The largest absolute Gasteiger partial charge is 0.410 e. The summed E-state index contributed by atoms with van der Waals surface area (Å²) in [6, 6.07) is 22.0. The van der Waals surface area contributed by atoms with Gasteiger partial charge < -0.3 is 14.2 Å². The number of pyridine rings is 1. The molecular formula is C23H21N5O2S. The summed E-state index contributed by atoms with van der Waals surface area (Å²) in [6.45, 7) is 3.09. The van der Waals surface area contributed by atoms with Crippen LogP contribution in [0.25, 0.3) is 22.5 Å². The molecule has 1 amide bonds. The standard InChI is InChI=1S/C23H21N5O2S/c29-21(28-14-12-27(13-15-28)18-7-2-1-3-8-18)16-31-23-26-25-22(30-23)20-11-10-17-6-4-5-9-19(17)24-20/h1-11H,12-16H2. The normalized spacial score (nSPS) is 14.2. The number of benzene rings is 2. The first-order valence-corrected chi connectivity index (χ1v) is 11.1. The highest BCUT2D eigenvalue weighted by atomic mass is 32.2. The molecule has 156 valence electrons. The number of carbonyl (C=O) groups excluding carboxylic acids is 1. The summed E-state index contributed by atoms with van der Waals surface area (Å²) in [7, 11) is 0. The molecule has 8 heteroatoms. The highest BCUT2D eigenvalue weighted by molar-refractivity contribution is 7.99. The zero-order valence-corrected chi connectivity index (χ0v) is 17.7. The summed E-state index contributed by atoms with van der Waals surface area (Å²) in [5.41, 5.74) is 2.70. The molecule has 0 atom stereocenters. The van der Waals surface area contributed by atoms with Crippen LogP contribution < -0.4 is 4.90 Å². The van der Waals surface area contributed by atoms with Crippen molar-refractivity contribution >= 4 is 34.3 Å². The van der Waals surface area contributed by atoms with Gasteiger partial charge in [0, 0.05) is 37.3 Å². The summed E-state index contributed by atoms with van der Waals surface area (Å²) in [5.74, 6) is 0.719. The average molecular weight is 432 g/mol. The minimum atomic E-state index is 0.0845. The van der Waals surface area contributed by atoms with Gasteiger partial charge >= 0.3 is 0 Å². The predicted molar refractivity (Wildman–Crippen MR) is 121 cm³/mol. The number of carbonyl (C=O) groups is 1. The van der Waals surface area contributed by atoms with E-state index >= 15 is 0 Å². The van der Waals surface area contributed by atoms with Crippen molar-refractivity contribution in [1.82, 2.24) is 20.1 Å². The van der Waals surface area contributed by atoms with E-state index in [4.69, 9.17) is 4.42 Å². The monoisotopic (exact) mass is 431 g/mol. The Balaban J connectivity index is 1.16. The van der Waals surface area contributed by atoms with Crippen LogP contribution in [-0.4, -0.2) is 57.9 Å². The van der Waals surface area contributed by atoms with Crippen molar-refractivity contribution in [2.75, 3.05) is 36.8 Å². The van der Waals surface area contributed by atoms with E-state index in [1.54, 1.807) is 0 Å². The van der Waals surface area contributed by atoms with Gasteiger partial charge in [0.05, 0.1) is 11.3 Å². The zero-order chi connectivity index (χ0) is 21.0. The minimum absolute atomic E-state index is 0.0845. The number of fused-ring (bicyclic) bond motifs is 1. The van der Waals surface area contributed by atoms with Gasteiger partial charge in [-0.1, -0.05) is 54.2 Å².